The maximum absolute atomic E-state index is 12.9. The number of hydrogen-bond donors (Lipinski definition) is 0. The van der Waals surface area contributed by atoms with Gasteiger partial charge in [0.15, 0.2) is 5.16 Å². The highest BCUT2D eigenvalue weighted by Crippen LogP contribution is 2.23. The Morgan fingerprint density at radius 2 is 2.04 bits per heavy atom. The van der Waals surface area contributed by atoms with Gasteiger partial charge in [-0.25, -0.2) is 0 Å². The van der Waals surface area contributed by atoms with E-state index in [1.54, 1.807) is 16.3 Å². The summed E-state index contributed by atoms with van der Waals surface area (Å²) in [5, 5.41) is 10.1. The Labute approximate surface area is 145 Å². The first-order valence-electron chi connectivity index (χ1n) is 8.13. The van der Waals surface area contributed by atoms with Crippen LogP contribution in [0.3, 0.4) is 0 Å². The second-order valence-electron chi connectivity index (χ2n) is 6.52. The molecule has 0 spiro atoms. The fourth-order valence-electron chi connectivity index (χ4n) is 2.60. The molecule has 3 rings (SSSR count). The fourth-order valence-corrected chi connectivity index (χ4v) is 3.39. The van der Waals surface area contributed by atoms with E-state index in [9.17, 15) is 4.79 Å². The molecule has 3 aromatic rings. The number of benzene rings is 1. The molecule has 24 heavy (non-hydrogen) atoms. The molecule has 2 aromatic heterocycles. The highest BCUT2D eigenvalue weighted by molar-refractivity contribution is 7.99. The topological polar surface area (TPSA) is 52.2 Å². The lowest BCUT2D eigenvalue weighted by molar-refractivity contribution is 0.512. The average molecular weight is 342 g/mol. The molecular weight excluding hydrogens is 320 g/mol. The molecule has 5 nitrogen and oxygen atoms in total. The molecule has 0 aliphatic heterocycles. The first-order chi connectivity index (χ1) is 11.5. The van der Waals surface area contributed by atoms with Crippen LogP contribution in [0.2, 0.25) is 0 Å². The Kier molecular flexibility index (Phi) is 4.76. The first kappa shape index (κ1) is 16.8. The molecule has 0 saturated carbocycles. The third-order valence-corrected chi connectivity index (χ3v) is 5.02. The van der Waals surface area contributed by atoms with Crippen molar-refractivity contribution in [2.75, 3.05) is 5.75 Å². The van der Waals surface area contributed by atoms with Gasteiger partial charge < -0.3 is 0 Å². The second-order valence-corrected chi connectivity index (χ2v) is 7.46. The zero-order chi connectivity index (χ0) is 17.3. The van der Waals surface area contributed by atoms with Gasteiger partial charge >= 0.3 is 0 Å². The van der Waals surface area contributed by atoms with E-state index in [1.807, 2.05) is 35.6 Å². The molecule has 0 aliphatic carbocycles. The third-order valence-electron chi connectivity index (χ3n) is 3.86. The second kappa shape index (κ2) is 6.81. The molecule has 0 radical (unpaired) electrons. The van der Waals surface area contributed by atoms with Crippen LogP contribution in [0.5, 0.6) is 0 Å². The van der Waals surface area contributed by atoms with Gasteiger partial charge in [0.05, 0.1) is 10.9 Å². The SMILES string of the molecule is C=C(C)CSc1nnc2n(CCC(C)C)c(=O)c3ccccc3n12. The summed E-state index contributed by atoms with van der Waals surface area (Å²) < 4.78 is 3.74. The van der Waals surface area contributed by atoms with Crippen molar-refractivity contribution in [2.45, 2.75) is 38.9 Å². The van der Waals surface area contributed by atoms with Gasteiger partial charge in [-0.1, -0.05) is 49.9 Å². The van der Waals surface area contributed by atoms with Gasteiger partial charge in [0.2, 0.25) is 5.78 Å². The predicted molar refractivity (Wildman–Crippen MR) is 99.7 cm³/mol. The van der Waals surface area contributed by atoms with Crippen LogP contribution < -0.4 is 5.56 Å². The molecule has 0 fully saturated rings. The maximum Gasteiger partial charge on any atom is 0.262 e. The maximum atomic E-state index is 12.9. The summed E-state index contributed by atoms with van der Waals surface area (Å²) in [7, 11) is 0. The lowest BCUT2D eigenvalue weighted by Gasteiger charge is -2.12. The van der Waals surface area contributed by atoms with Crippen LogP contribution >= 0.6 is 11.8 Å². The molecule has 0 atom stereocenters. The minimum absolute atomic E-state index is 0.00241. The van der Waals surface area contributed by atoms with Crippen molar-refractivity contribution in [3.8, 4) is 0 Å². The van der Waals surface area contributed by atoms with Crippen molar-refractivity contribution in [3.05, 3.63) is 46.8 Å². The summed E-state index contributed by atoms with van der Waals surface area (Å²) in [6.45, 7) is 10.9. The minimum atomic E-state index is 0.00241. The van der Waals surface area contributed by atoms with E-state index in [4.69, 9.17) is 0 Å². The quantitative estimate of drug-likeness (QED) is 0.505. The van der Waals surface area contributed by atoms with Crippen molar-refractivity contribution in [1.82, 2.24) is 19.2 Å². The van der Waals surface area contributed by atoms with Crippen LogP contribution in [0, 0.1) is 5.92 Å². The lowest BCUT2D eigenvalue weighted by Crippen LogP contribution is -2.24. The standard InChI is InChI=1S/C18H22N4OS/c1-12(2)9-10-21-16(23)14-7-5-6-8-15(14)22-17(21)19-20-18(22)24-11-13(3)4/h5-8,12H,3,9-11H2,1-2,4H3. The van der Waals surface area contributed by atoms with E-state index in [2.05, 4.69) is 30.6 Å². The van der Waals surface area contributed by atoms with Crippen molar-refractivity contribution >= 4 is 28.4 Å². The molecule has 0 saturated heterocycles. The van der Waals surface area contributed by atoms with Crippen molar-refractivity contribution < 1.29 is 0 Å². The van der Waals surface area contributed by atoms with Crippen LogP contribution in [-0.4, -0.2) is 24.9 Å². The Morgan fingerprint density at radius 1 is 1.29 bits per heavy atom. The van der Waals surface area contributed by atoms with E-state index >= 15 is 0 Å². The van der Waals surface area contributed by atoms with E-state index < -0.39 is 0 Å². The van der Waals surface area contributed by atoms with Crippen LogP contribution in [0.25, 0.3) is 16.7 Å². The number of fused-ring (bicyclic) bond motifs is 3. The van der Waals surface area contributed by atoms with Gasteiger partial charge in [0.25, 0.3) is 5.56 Å². The summed E-state index contributed by atoms with van der Waals surface area (Å²) in [5.74, 6) is 1.91. The van der Waals surface area contributed by atoms with E-state index in [0.717, 1.165) is 28.4 Å². The van der Waals surface area contributed by atoms with Crippen molar-refractivity contribution in [3.63, 3.8) is 0 Å². The molecule has 2 heterocycles. The average Bonchev–Trinajstić information content (AvgIpc) is 2.96. The van der Waals surface area contributed by atoms with Gasteiger partial charge in [0, 0.05) is 12.3 Å². The number of nitrogens with zero attached hydrogens (tertiary/aromatic N) is 4. The highest BCUT2D eigenvalue weighted by atomic mass is 32.2. The lowest BCUT2D eigenvalue weighted by atomic mass is 10.1. The highest BCUT2D eigenvalue weighted by Gasteiger charge is 2.16. The molecule has 0 amide bonds. The Hall–Kier alpha value is -2.08. The van der Waals surface area contributed by atoms with Crippen LogP contribution in [0.1, 0.15) is 27.2 Å². The minimum Gasteiger partial charge on any atom is -0.276 e. The van der Waals surface area contributed by atoms with Gasteiger partial charge in [-0.15, -0.1) is 10.2 Å². The number of aryl methyl sites for hydroxylation is 1. The van der Waals surface area contributed by atoms with Gasteiger partial charge in [0.1, 0.15) is 0 Å². The third kappa shape index (κ3) is 3.11. The van der Waals surface area contributed by atoms with E-state index in [1.165, 1.54) is 0 Å². The predicted octanol–water partition coefficient (Wildman–Crippen LogP) is 3.76. The zero-order valence-corrected chi connectivity index (χ0v) is 15.1. The van der Waals surface area contributed by atoms with Crippen LogP contribution in [0.4, 0.5) is 0 Å². The molecule has 0 bridgehead atoms. The van der Waals surface area contributed by atoms with Crippen molar-refractivity contribution in [2.24, 2.45) is 5.92 Å². The number of thioether (sulfide) groups is 1. The Bertz CT molecular complexity index is 955. The number of aromatic nitrogens is 4. The molecule has 6 heteroatoms. The van der Waals surface area contributed by atoms with E-state index in [-0.39, 0.29) is 5.56 Å². The van der Waals surface area contributed by atoms with E-state index in [0.29, 0.717) is 23.6 Å². The molecule has 0 aliphatic rings. The zero-order valence-electron chi connectivity index (χ0n) is 14.3. The van der Waals surface area contributed by atoms with Gasteiger partial charge in [-0.3, -0.25) is 13.8 Å². The molecule has 0 N–H and O–H groups in total. The van der Waals surface area contributed by atoms with Crippen LogP contribution in [-0.2, 0) is 6.54 Å². The summed E-state index contributed by atoms with van der Waals surface area (Å²) in [4.78, 5) is 12.9. The largest absolute Gasteiger partial charge is 0.276 e. The molecule has 0 unspecified atom stereocenters. The molecule has 126 valence electrons. The summed E-state index contributed by atoms with van der Waals surface area (Å²) in [6.07, 6.45) is 0.926. The summed E-state index contributed by atoms with van der Waals surface area (Å²) in [5.41, 5.74) is 1.93. The fraction of sp³-hybridized carbons (Fsp3) is 0.389. The summed E-state index contributed by atoms with van der Waals surface area (Å²) in [6, 6.07) is 7.65. The van der Waals surface area contributed by atoms with Crippen molar-refractivity contribution in [1.29, 1.82) is 0 Å². The number of rotatable bonds is 6. The molecular formula is C18H22N4OS. The Balaban J connectivity index is 2.24. The number of para-hydroxylation sites is 1. The smallest absolute Gasteiger partial charge is 0.262 e. The number of hydrogen-bond acceptors (Lipinski definition) is 4. The monoisotopic (exact) mass is 342 g/mol. The van der Waals surface area contributed by atoms with Crippen LogP contribution in [0.15, 0.2) is 46.4 Å². The van der Waals surface area contributed by atoms with Gasteiger partial charge in [-0.05, 0) is 31.4 Å². The Morgan fingerprint density at radius 3 is 2.75 bits per heavy atom. The normalized spacial score (nSPS) is 11.7. The molecule has 1 aromatic carbocycles. The first-order valence-corrected chi connectivity index (χ1v) is 9.11. The summed E-state index contributed by atoms with van der Waals surface area (Å²) >= 11 is 1.59. The van der Waals surface area contributed by atoms with Gasteiger partial charge in [-0.2, -0.15) is 0 Å².